The fourth-order valence-electron chi connectivity index (χ4n) is 1.43. The van der Waals surface area contributed by atoms with Crippen LogP contribution in [-0.4, -0.2) is 20.2 Å². The quantitative estimate of drug-likeness (QED) is 0.743. The molecule has 3 heteroatoms. The summed E-state index contributed by atoms with van der Waals surface area (Å²) >= 11 is 0. The van der Waals surface area contributed by atoms with Gasteiger partial charge in [0.2, 0.25) is 0 Å². The van der Waals surface area contributed by atoms with Gasteiger partial charge in [0.05, 0.1) is 7.11 Å². The van der Waals surface area contributed by atoms with E-state index in [1.807, 2.05) is 18.2 Å². The second-order valence-corrected chi connectivity index (χ2v) is 3.21. The molecule has 0 heterocycles. The lowest BCUT2D eigenvalue weighted by Crippen LogP contribution is -2.25. The van der Waals surface area contributed by atoms with Crippen LogP contribution in [0, 0.1) is 0 Å². The van der Waals surface area contributed by atoms with E-state index in [2.05, 4.69) is 18.3 Å². The maximum Gasteiger partial charge on any atom is 0.123 e. The van der Waals surface area contributed by atoms with E-state index in [0.29, 0.717) is 6.54 Å². The van der Waals surface area contributed by atoms with Gasteiger partial charge in [-0.05, 0) is 13.0 Å². The van der Waals surface area contributed by atoms with Gasteiger partial charge in [-0.2, -0.15) is 0 Å². The molecule has 0 unspecified atom stereocenters. The van der Waals surface area contributed by atoms with Gasteiger partial charge in [0.15, 0.2) is 0 Å². The van der Waals surface area contributed by atoms with Crippen LogP contribution in [0.3, 0.4) is 0 Å². The van der Waals surface area contributed by atoms with E-state index >= 15 is 0 Å². The molecule has 78 valence electrons. The Morgan fingerprint density at radius 2 is 2.14 bits per heavy atom. The van der Waals surface area contributed by atoms with Crippen LogP contribution in [0.4, 0.5) is 0 Å². The largest absolute Gasteiger partial charge is 0.496 e. The lowest BCUT2D eigenvalue weighted by atomic mass is 10.1. The molecule has 0 bridgehead atoms. The van der Waals surface area contributed by atoms with Gasteiger partial charge < -0.3 is 15.8 Å². The minimum atomic E-state index is 0.273. The third kappa shape index (κ3) is 2.72. The lowest BCUT2D eigenvalue weighted by molar-refractivity contribution is 0.402. The average Bonchev–Trinajstić information content (AvgIpc) is 2.25. The Labute approximate surface area is 85.3 Å². The molecule has 3 nitrogen and oxygen atoms in total. The molecule has 0 aromatic heterocycles. The number of nitrogens with one attached hydrogen (secondary N) is 1. The molecule has 0 fully saturated rings. The maximum atomic E-state index is 5.43. The molecule has 0 radical (unpaired) electrons. The fourth-order valence-corrected chi connectivity index (χ4v) is 1.43. The van der Waals surface area contributed by atoms with Crippen LogP contribution < -0.4 is 15.8 Å². The third-order valence-corrected chi connectivity index (χ3v) is 2.20. The van der Waals surface area contributed by atoms with Crippen LogP contribution in [0.2, 0.25) is 0 Å². The van der Waals surface area contributed by atoms with Gasteiger partial charge in [-0.3, -0.25) is 0 Å². The molecule has 0 aliphatic rings. The van der Waals surface area contributed by atoms with Crippen LogP contribution in [0.5, 0.6) is 5.75 Å². The molecule has 0 aliphatic carbocycles. The van der Waals surface area contributed by atoms with E-state index in [9.17, 15) is 0 Å². The van der Waals surface area contributed by atoms with Gasteiger partial charge in [0, 0.05) is 24.7 Å². The van der Waals surface area contributed by atoms with Crippen LogP contribution in [-0.2, 0) is 0 Å². The van der Waals surface area contributed by atoms with Crippen LogP contribution in [0.25, 0.3) is 0 Å². The molecule has 0 amide bonds. The van der Waals surface area contributed by atoms with E-state index in [0.717, 1.165) is 12.3 Å². The predicted molar refractivity (Wildman–Crippen MR) is 58.5 cm³/mol. The monoisotopic (exact) mass is 194 g/mol. The first-order chi connectivity index (χ1) is 6.79. The smallest absolute Gasteiger partial charge is 0.123 e. The van der Waals surface area contributed by atoms with Crippen molar-refractivity contribution in [2.45, 2.75) is 13.0 Å². The number of methoxy groups -OCH3 is 1. The topological polar surface area (TPSA) is 47.3 Å². The summed E-state index contributed by atoms with van der Waals surface area (Å²) < 4.78 is 5.28. The average molecular weight is 194 g/mol. The van der Waals surface area contributed by atoms with Gasteiger partial charge in [-0.25, -0.2) is 0 Å². The maximum absolute atomic E-state index is 5.43. The molecule has 1 aromatic carbocycles. The third-order valence-electron chi connectivity index (χ3n) is 2.20. The van der Waals surface area contributed by atoms with Crippen molar-refractivity contribution in [2.24, 2.45) is 5.73 Å². The van der Waals surface area contributed by atoms with E-state index < -0.39 is 0 Å². The fraction of sp³-hybridized carbons (Fsp3) is 0.455. The molecule has 0 aliphatic heterocycles. The predicted octanol–water partition coefficient (Wildman–Crippen LogP) is 1.30. The lowest BCUT2D eigenvalue weighted by Gasteiger charge is -2.16. The van der Waals surface area contributed by atoms with Gasteiger partial charge >= 0.3 is 0 Å². The molecular formula is C11H18N2O. The highest BCUT2D eigenvalue weighted by Gasteiger charge is 2.08. The molecule has 14 heavy (non-hydrogen) atoms. The highest BCUT2D eigenvalue weighted by molar-refractivity contribution is 5.35. The van der Waals surface area contributed by atoms with Crippen molar-refractivity contribution in [3.63, 3.8) is 0 Å². The van der Waals surface area contributed by atoms with Gasteiger partial charge in [0.25, 0.3) is 0 Å². The summed E-state index contributed by atoms with van der Waals surface area (Å²) in [6.45, 7) is 3.58. The molecule has 0 saturated heterocycles. The first-order valence-corrected chi connectivity index (χ1v) is 4.86. The summed E-state index contributed by atoms with van der Waals surface area (Å²) in [5.41, 5.74) is 6.60. The van der Waals surface area contributed by atoms with Crippen molar-refractivity contribution in [1.29, 1.82) is 0 Å². The molecular weight excluding hydrogens is 176 g/mol. The van der Waals surface area contributed by atoms with E-state index in [1.165, 1.54) is 5.56 Å². The Kier molecular flexibility index (Phi) is 4.43. The molecule has 3 N–H and O–H groups in total. The molecule has 0 saturated carbocycles. The van der Waals surface area contributed by atoms with Crippen molar-refractivity contribution >= 4 is 0 Å². The molecule has 1 rings (SSSR count). The summed E-state index contributed by atoms with van der Waals surface area (Å²) in [5, 5.41) is 3.32. The van der Waals surface area contributed by atoms with Crippen molar-refractivity contribution in [2.75, 3.05) is 20.2 Å². The zero-order chi connectivity index (χ0) is 10.4. The number of rotatable bonds is 5. The minimum absolute atomic E-state index is 0.273. The van der Waals surface area contributed by atoms with Crippen molar-refractivity contribution in [3.05, 3.63) is 29.8 Å². The number of ether oxygens (including phenoxy) is 1. The second-order valence-electron chi connectivity index (χ2n) is 3.21. The molecule has 1 atom stereocenters. The molecule has 0 spiro atoms. The van der Waals surface area contributed by atoms with Crippen molar-refractivity contribution in [1.82, 2.24) is 5.32 Å². The van der Waals surface area contributed by atoms with E-state index in [4.69, 9.17) is 10.5 Å². The number of hydrogen-bond acceptors (Lipinski definition) is 3. The zero-order valence-electron chi connectivity index (χ0n) is 8.79. The number of hydrogen-bond donors (Lipinski definition) is 2. The normalized spacial score (nSPS) is 12.5. The van der Waals surface area contributed by atoms with E-state index in [-0.39, 0.29) is 6.04 Å². The van der Waals surface area contributed by atoms with Gasteiger partial charge in [0.1, 0.15) is 5.75 Å². The highest BCUT2D eigenvalue weighted by atomic mass is 16.5. The molecule has 1 aromatic rings. The number of para-hydroxylation sites is 1. The first-order valence-electron chi connectivity index (χ1n) is 4.86. The zero-order valence-corrected chi connectivity index (χ0v) is 8.79. The summed E-state index contributed by atoms with van der Waals surface area (Å²) in [5.74, 6) is 0.921. The Hall–Kier alpha value is -1.06. The van der Waals surface area contributed by atoms with Crippen LogP contribution in [0.1, 0.15) is 18.5 Å². The summed E-state index contributed by atoms with van der Waals surface area (Å²) in [4.78, 5) is 0. The summed E-state index contributed by atoms with van der Waals surface area (Å²) in [6.07, 6.45) is 0. The minimum Gasteiger partial charge on any atom is -0.496 e. The van der Waals surface area contributed by atoms with Gasteiger partial charge in [-0.15, -0.1) is 0 Å². The summed E-state index contributed by atoms with van der Waals surface area (Å²) in [7, 11) is 1.69. The standard InChI is InChI=1S/C11H18N2O/c1-9(13-8-7-12)10-5-3-4-6-11(10)14-2/h3-6,9,13H,7-8,12H2,1-2H3/t9-/m0/s1. The number of nitrogens with two attached hydrogens (primary N) is 1. The Balaban J connectivity index is 2.72. The highest BCUT2D eigenvalue weighted by Crippen LogP contribution is 2.23. The Bertz CT molecular complexity index is 276. The van der Waals surface area contributed by atoms with Gasteiger partial charge in [-0.1, -0.05) is 18.2 Å². The van der Waals surface area contributed by atoms with Crippen LogP contribution in [0.15, 0.2) is 24.3 Å². The number of benzene rings is 1. The SMILES string of the molecule is COc1ccccc1[C@H](C)NCCN. The van der Waals surface area contributed by atoms with Crippen molar-refractivity contribution < 1.29 is 4.74 Å². The van der Waals surface area contributed by atoms with Crippen LogP contribution >= 0.6 is 0 Å². The van der Waals surface area contributed by atoms with E-state index in [1.54, 1.807) is 7.11 Å². The van der Waals surface area contributed by atoms with Crippen molar-refractivity contribution in [3.8, 4) is 5.75 Å². The Morgan fingerprint density at radius 1 is 1.43 bits per heavy atom. The first kappa shape index (κ1) is 11.0. The Morgan fingerprint density at radius 3 is 2.79 bits per heavy atom. The summed E-state index contributed by atoms with van der Waals surface area (Å²) in [6, 6.07) is 8.29. The second kappa shape index (κ2) is 5.62.